The zero-order valence-electron chi connectivity index (χ0n) is 12.7. The molecule has 3 heteroatoms. The third kappa shape index (κ3) is 5.64. The molecule has 0 fully saturated rings. The van der Waals surface area contributed by atoms with E-state index in [0.29, 0.717) is 6.61 Å². The van der Waals surface area contributed by atoms with E-state index in [1.807, 2.05) is 19.9 Å². The van der Waals surface area contributed by atoms with E-state index >= 15 is 0 Å². The molecule has 0 unspecified atom stereocenters. The molecule has 0 rings (SSSR count). The molecule has 0 aromatic carbocycles. The Morgan fingerprint density at radius 3 is 2.12 bits per heavy atom. The molecule has 0 bridgehead atoms. The normalized spacial score (nSPS) is 15.9. The summed E-state index contributed by atoms with van der Waals surface area (Å²) in [5.41, 5.74) is 1.15. The van der Waals surface area contributed by atoms with Crippen molar-refractivity contribution < 1.29 is 9.22 Å². The van der Waals surface area contributed by atoms with Gasteiger partial charge in [-0.25, -0.2) is 0 Å². The van der Waals surface area contributed by atoms with Crippen molar-refractivity contribution in [1.29, 1.82) is 0 Å². The predicted molar refractivity (Wildman–Crippen MR) is 76.8 cm³/mol. The molecule has 0 aromatic heterocycles. The van der Waals surface area contributed by atoms with Crippen LogP contribution in [0.5, 0.6) is 0 Å². The van der Waals surface area contributed by atoms with Crippen LogP contribution in [0.3, 0.4) is 0 Å². The Morgan fingerprint density at radius 2 is 1.76 bits per heavy atom. The lowest BCUT2D eigenvalue weighted by atomic mass is 10.1. The fraction of sp³-hybridized carbons (Fsp3) is 0.786. The van der Waals surface area contributed by atoms with E-state index in [1.165, 1.54) is 0 Å². The summed E-state index contributed by atoms with van der Waals surface area (Å²) in [6, 6.07) is 0. The second kappa shape index (κ2) is 5.96. The minimum Gasteiger partial charge on any atom is -0.413 e. The van der Waals surface area contributed by atoms with Gasteiger partial charge in [0.15, 0.2) is 8.32 Å². The van der Waals surface area contributed by atoms with Crippen LogP contribution in [-0.4, -0.2) is 20.7 Å². The summed E-state index contributed by atoms with van der Waals surface area (Å²) in [6.07, 6.45) is 2.01. The molecule has 100 valence electrons. The van der Waals surface area contributed by atoms with Gasteiger partial charge < -0.3 is 4.43 Å². The molecule has 2 nitrogen and oxygen atoms in total. The minimum atomic E-state index is -1.67. The molecule has 0 aliphatic carbocycles. The number of rotatable bonds is 5. The fourth-order valence-corrected chi connectivity index (χ4v) is 2.12. The zero-order chi connectivity index (χ0) is 13.9. The second-order valence-corrected chi connectivity index (χ2v) is 11.3. The topological polar surface area (TPSA) is 26.3 Å². The number of carbonyl (C=O) groups excluding carboxylic acids is 1. The average molecular weight is 256 g/mol. The zero-order valence-corrected chi connectivity index (χ0v) is 13.7. The van der Waals surface area contributed by atoms with Crippen LogP contribution >= 0.6 is 0 Å². The molecule has 0 radical (unpaired) electrons. The number of hydrogen-bond donors (Lipinski definition) is 0. The van der Waals surface area contributed by atoms with Crippen LogP contribution in [0, 0.1) is 5.92 Å². The van der Waals surface area contributed by atoms with Gasteiger partial charge in [-0.3, -0.25) is 4.79 Å². The first-order chi connectivity index (χ1) is 7.47. The van der Waals surface area contributed by atoms with E-state index in [0.717, 1.165) is 5.57 Å². The van der Waals surface area contributed by atoms with Gasteiger partial charge in [-0.2, -0.15) is 0 Å². The minimum absolute atomic E-state index is 0.00184. The van der Waals surface area contributed by atoms with Gasteiger partial charge in [0.1, 0.15) is 5.78 Å². The first-order valence-corrected chi connectivity index (χ1v) is 9.20. The van der Waals surface area contributed by atoms with Crippen molar-refractivity contribution >= 4 is 14.1 Å². The van der Waals surface area contributed by atoms with Crippen molar-refractivity contribution in [2.75, 3.05) is 6.61 Å². The number of allylic oxidation sites excluding steroid dienone is 1. The summed E-state index contributed by atoms with van der Waals surface area (Å²) in [6.45, 7) is 17.4. The lowest BCUT2D eigenvalue weighted by Crippen LogP contribution is -2.41. The predicted octanol–water partition coefficient (Wildman–Crippen LogP) is 4.18. The molecular weight excluding hydrogens is 228 g/mol. The SMILES string of the molecule is CC(=O)[C@@H](C)/C=C(\C)CO[Si](C)(C)C(C)(C)C. The number of Topliss-reactive ketones (excluding diaryl/α,β-unsaturated/α-hetero) is 1. The van der Waals surface area contributed by atoms with Crippen LogP contribution in [0.4, 0.5) is 0 Å². The van der Waals surface area contributed by atoms with E-state index in [4.69, 9.17) is 4.43 Å². The first-order valence-electron chi connectivity index (χ1n) is 6.29. The highest BCUT2D eigenvalue weighted by molar-refractivity contribution is 6.74. The summed E-state index contributed by atoms with van der Waals surface area (Å²) in [5, 5.41) is 0.236. The van der Waals surface area contributed by atoms with Crippen LogP contribution in [-0.2, 0) is 9.22 Å². The molecule has 0 saturated carbocycles. The molecule has 0 aliphatic heterocycles. The molecule has 17 heavy (non-hydrogen) atoms. The maximum atomic E-state index is 11.2. The molecule has 0 saturated heterocycles. The van der Waals surface area contributed by atoms with Crippen molar-refractivity contribution in [3.63, 3.8) is 0 Å². The molecule has 0 heterocycles. The van der Waals surface area contributed by atoms with Gasteiger partial charge in [-0.05, 0) is 32.0 Å². The van der Waals surface area contributed by atoms with E-state index in [2.05, 4.69) is 33.9 Å². The van der Waals surface area contributed by atoms with Crippen LogP contribution in [0.1, 0.15) is 41.5 Å². The maximum Gasteiger partial charge on any atom is 0.192 e. The quantitative estimate of drug-likeness (QED) is 0.545. The third-order valence-corrected chi connectivity index (χ3v) is 8.12. The monoisotopic (exact) mass is 256 g/mol. The van der Waals surface area contributed by atoms with Gasteiger partial charge in [0, 0.05) is 5.92 Å². The summed E-state index contributed by atoms with van der Waals surface area (Å²) in [7, 11) is -1.67. The summed E-state index contributed by atoms with van der Waals surface area (Å²) in [4.78, 5) is 11.2. The highest BCUT2D eigenvalue weighted by atomic mass is 28.4. The largest absolute Gasteiger partial charge is 0.413 e. The molecular formula is C14H28O2Si. The summed E-state index contributed by atoms with van der Waals surface area (Å²) in [5.74, 6) is 0.203. The number of hydrogen-bond acceptors (Lipinski definition) is 2. The van der Waals surface area contributed by atoms with Gasteiger partial charge in [0.05, 0.1) is 6.61 Å². The molecule has 0 N–H and O–H groups in total. The van der Waals surface area contributed by atoms with E-state index in [-0.39, 0.29) is 16.7 Å². The van der Waals surface area contributed by atoms with Crippen molar-refractivity contribution in [2.45, 2.75) is 59.7 Å². The van der Waals surface area contributed by atoms with Gasteiger partial charge in [-0.15, -0.1) is 0 Å². The Kier molecular flexibility index (Phi) is 5.82. The smallest absolute Gasteiger partial charge is 0.192 e. The molecule has 0 aliphatic rings. The van der Waals surface area contributed by atoms with Crippen molar-refractivity contribution in [1.82, 2.24) is 0 Å². The van der Waals surface area contributed by atoms with Gasteiger partial charge in [-0.1, -0.05) is 39.3 Å². The van der Waals surface area contributed by atoms with Crippen LogP contribution in [0.2, 0.25) is 18.1 Å². The molecule has 0 amide bonds. The first kappa shape index (κ1) is 16.6. The standard InChI is InChI=1S/C14H28O2Si/c1-11(9-12(2)13(3)15)10-16-17(7,8)14(4,5)6/h9,12H,10H2,1-8H3/b11-9+/t12-/m0/s1. The van der Waals surface area contributed by atoms with Gasteiger partial charge in [0.2, 0.25) is 0 Å². The Balaban J connectivity index is 4.44. The van der Waals surface area contributed by atoms with Crippen LogP contribution in [0.25, 0.3) is 0 Å². The number of ketones is 1. The Bertz CT molecular complexity index is 298. The molecule has 0 spiro atoms. The fourth-order valence-electron chi connectivity index (χ4n) is 1.10. The highest BCUT2D eigenvalue weighted by Crippen LogP contribution is 2.36. The third-order valence-electron chi connectivity index (χ3n) is 3.64. The Morgan fingerprint density at radius 1 is 1.29 bits per heavy atom. The average Bonchev–Trinajstić information content (AvgIpc) is 2.12. The van der Waals surface area contributed by atoms with Crippen molar-refractivity contribution in [3.05, 3.63) is 11.6 Å². The van der Waals surface area contributed by atoms with Crippen molar-refractivity contribution in [2.24, 2.45) is 5.92 Å². The van der Waals surface area contributed by atoms with Crippen LogP contribution in [0.15, 0.2) is 11.6 Å². The van der Waals surface area contributed by atoms with E-state index < -0.39 is 8.32 Å². The Hall–Kier alpha value is -0.413. The van der Waals surface area contributed by atoms with E-state index in [9.17, 15) is 4.79 Å². The van der Waals surface area contributed by atoms with Crippen molar-refractivity contribution in [3.8, 4) is 0 Å². The summed E-state index contributed by atoms with van der Waals surface area (Å²) >= 11 is 0. The Labute approximate surface area is 108 Å². The number of carbonyl (C=O) groups is 1. The lowest BCUT2D eigenvalue weighted by molar-refractivity contribution is -0.118. The molecule has 1 atom stereocenters. The maximum absolute atomic E-state index is 11.2. The summed E-state index contributed by atoms with van der Waals surface area (Å²) < 4.78 is 6.10. The second-order valence-electron chi connectivity index (χ2n) is 6.46. The van der Waals surface area contributed by atoms with E-state index in [1.54, 1.807) is 6.92 Å². The highest BCUT2D eigenvalue weighted by Gasteiger charge is 2.36. The molecule has 0 aromatic rings. The van der Waals surface area contributed by atoms with Crippen LogP contribution < -0.4 is 0 Å². The van der Waals surface area contributed by atoms with Gasteiger partial charge in [0.25, 0.3) is 0 Å². The lowest BCUT2D eigenvalue weighted by Gasteiger charge is -2.36. The van der Waals surface area contributed by atoms with Gasteiger partial charge >= 0.3 is 0 Å².